The molecule has 1 heterocycles. The zero-order valence-corrected chi connectivity index (χ0v) is 13.9. The average Bonchev–Trinajstić information content (AvgIpc) is 2.42. The fraction of sp³-hybridized carbons (Fsp3) is 1.00. The molecule has 0 radical (unpaired) electrons. The first-order valence-electron chi connectivity index (χ1n) is 7.93. The van der Waals surface area contributed by atoms with E-state index in [4.69, 9.17) is 14.0 Å². The van der Waals surface area contributed by atoms with Crippen LogP contribution >= 0.6 is 0 Å². The fourth-order valence-electron chi connectivity index (χ4n) is 2.95. The van der Waals surface area contributed by atoms with Gasteiger partial charge in [-0.25, -0.2) is 0 Å². The summed E-state index contributed by atoms with van der Waals surface area (Å²) in [5.74, 6) is -0.141. The van der Waals surface area contributed by atoms with Crippen LogP contribution in [-0.4, -0.2) is 75.8 Å². The zero-order valence-electron chi connectivity index (χ0n) is 13.1. The highest BCUT2D eigenvalue weighted by atomic mass is 32.2. The first-order chi connectivity index (χ1) is 9.97. The molecule has 0 aliphatic carbocycles. The highest BCUT2D eigenvalue weighted by Crippen LogP contribution is 2.19. The second kappa shape index (κ2) is 9.74. The van der Waals surface area contributed by atoms with E-state index >= 15 is 0 Å². The van der Waals surface area contributed by atoms with Crippen LogP contribution in [0.2, 0.25) is 0 Å². The molecule has 0 aromatic heterocycles. The Kier molecular flexibility index (Phi) is 8.73. The van der Waals surface area contributed by atoms with E-state index in [1.807, 2.05) is 6.92 Å². The van der Waals surface area contributed by atoms with Crippen molar-refractivity contribution >= 4 is 10.1 Å². The van der Waals surface area contributed by atoms with Gasteiger partial charge in [0.15, 0.2) is 0 Å². The molecule has 6 nitrogen and oxygen atoms in total. The predicted octanol–water partition coefficient (Wildman–Crippen LogP) is 1.32. The number of nitrogens with zero attached hydrogens (tertiary/aromatic N) is 1. The number of quaternary nitrogens is 1. The lowest BCUT2D eigenvalue weighted by molar-refractivity contribution is -0.932. The van der Waals surface area contributed by atoms with Crippen molar-refractivity contribution in [2.24, 2.45) is 0 Å². The molecular formula is C14H30NO5S+. The monoisotopic (exact) mass is 324 g/mol. The maximum absolute atomic E-state index is 10.8. The third-order valence-corrected chi connectivity index (χ3v) is 4.89. The Morgan fingerprint density at radius 1 is 1.00 bits per heavy atom. The van der Waals surface area contributed by atoms with Gasteiger partial charge in [-0.1, -0.05) is 0 Å². The summed E-state index contributed by atoms with van der Waals surface area (Å²) in [4.78, 5) is 0. The molecule has 1 saturated heterocycles. The fourth-order valence-corrected chi connectivity index (χ4v) is 3.44. The van der Waals surface area contributed by atoms with Crippen LogP contribution in [0.3, 0.4) is 0 Å². The number of hydrogen-bond donors (Lipinski definition) is 1. The molecule has 0 bridgehead atoms. The van der Waals surface area contributed by atoms with E-state index in [0.717, 1.165) is 30.7 Å². The van der Waals surface area contributed by atoms with Crippen LogP contribution in [0.5, 0.6) is 0 Å². The number of piperidine rings is 1. The van der Waals surface area contributed by atoms with Crippen LogP contribution in [0.25, 0.3) is 0 Å². The minimum atomic E-state index is -3.84. The van der Waals surface area contributed by atoms with Gasteiger partial charge in [0.05, 0.1) is 45.2 Å². The van der Waals surface area contributed by atoms with E-state index in [2.05, 4.69) is 0 Å². The highest BCUT2D eigenvalue weighted by molar-refractivity contribution is 7.85. The van der Waals surface area contributed by atoms with Crippen molar-refractivity contribution in [3.8, 4) is 0 Å². The molecule has 0 atom stereocenters. The topological polar surface area (TPSA) is 72.8 Å². The summed E-state index contributed by atoms with van der Waals surface area (Å²) in [6, 6.07) is 0. The van der Waals surface area contributed by atoms with E-state index in [0.29, 0.717) is 32.8 Å². The Morgan fingerprint density at radius 3 is 2.29 bits per heavy atom. The molecule has 1 aliphatic rings. The quantitative estimate of drug-likeness (QED) is 0.352. The van der Waals surface area contributed by atoms with Crippen LogP contribution in [0.4, 0.5) is 0 Å². The average molecular weight is 324 g/mol. The standard InChI is InChI=1S/C14H29NO5S/c1-2-19-12-13-20-11-10-15(7-4-3-5-8-15)9-6-14-21(16,17)18/h2-14H2,1H3/p+1. The molecule has 1 N–H and O–H groups in total. The Labute approximate surface area is 128 Å². The Morgan fingerprint density at radius 2 is 1.67 bits per heavy atom. The lowest BCUT2D eigenvalue weighted by Crippen LogP contribution is -2.54. The van der Waals surface area contributed by atoms with Gasteiger partial charge in [-0.3, -0.25) is 4.55 Å². The van der Waals surface area contributed by atoms with Crippen molar-refractivity contribution in [2.75, 3.05) is 58.4 Å². The van der Waals surface area contributed by atoms with Crippen molar-refractivity contribution < 1.29 is 26.9 Å². The lowest BCUT2D eigenvalue weighted by atomic mass is 10.1. The van der Waals surface area contributed by atoms with Crippen LogP contribution in [-0.2, 0) is 19.6 Å². The molecule has 7 heteroatoms. The lowest BCUT2D eigenvalue weighted by Gasteiger charge is -2.41. The molecular weight excluding hydrogens is 294 g/mol. The first-order valence-corrected chi connectivity index (χ1v) is 9.54. The van der Waals surface area contributed by atoms with E-state index in [1.54, 1.807) is 0 Å². The highest BCUT2D eigenvalue weighted by Gasteiger charge is 2.29. The van der Waals surface area contributed by atoms with Gasteiger partial charge >= 0.3 is 0 Å². The Hall–Kier alpha value is -0.210. The maximum Gasteiger partial charge on any atom is 0.265 e. The summed E-state index contributed by atoms with van der Waals surface area (Å²) in [5.41, 5.74) is 0. The summed E-state index contributed by atoms with van der Waals surface area (Å²) < 4.78 is 42.3. The van der Waals surface area contributed by atoms with Gasteiger partial charge in [-0.15, -0.1) is 0 Å². The summed E-state index contributed by atoms with van der Waals surface area (Å²) in [5, 5.41) is 0. The molecule has 0 aromatic carbocycles. The third-order valence-electron chi connectivity index (χ3n) is 4.09. The molecule has 0 aromatic rings. The number of rotatable bonds is 11. The van der Waals surface area contributed by atoms with E-state index in [-0.39, 0.29) is 5.75 Å². The molecule has 21 heavy (non-hydrogen) atoms. The summed E-state index contributed by atoms with van der Waals surface area (Å²) in [7, 11) is -3.84. The van der Waals surface area contributed by atoms with Crippen LogP contribution in [0.1, 0.15) is 32.6 Å². The summed E-state index contributed by atoms with van der Waals surface area (Å²) in [6.07, 6.45) is 4.14. The molecule has 0 saturated carbocycles. The van der Waals surface area contributed by atoms with Gasteiger partial charge in [0.2, 0.25) is 0 Å². The Bertz CT molecular complexity index is 366. The molecule has 0 spiro atoms. The molecule has 1 rings (SSSR count). The van der Waals surface area contributed by atoms with Crippen molar-refractivity contribution in [3.05, 3.63) is 0 Å². The number of hydrogen-bond acceptors (Lipinski definition) is 4. The second-order valence-electron chi connectivity index (χ2n) is 5.75. The number of likely N-dealkylation sites (tertiary alicyclic amines) is 1. The van der Waals surface area contributed by atoms with E-state index in [1.165, 1.54) is 19.3 Å². The van der Waals surface area contributed by atoms with Gasteiger partial charge in [0.1, 0.15) is 6.54 Å². The SMILES string of the molecule is CCOCCOCC[N+]1(CCCS(=O)(=O)O)CCCCC1. The number of ether oxygens (including phenoxy) is 2. The molecule has 0 amide bonds. The second-order valence-corrected chi connectivity index (χ2v) is 7.32. The molecule has 0 unspecified atom stereocenters. The predicted molar refractivity (Wildman–Crippen MR) is 81.9 cm³/mol. The molecule has 126 valence electrons. The minimum absolute atomic E-state index is 0.141. The normalized spacial score (nSPS) is 18.8. The Balaban J connectivity index is 2.32. The van der Waals surface area contributed by atoms with Crippen molar-refractivity contribution in [1.82, 2.24) is 0 Å². The largest absolute Gasteiger partial charge is 0.379 e. The molecule has 1 aliphatic heterocycles. The van der Waals surface area contributed by atoms with Gasteiger partial charge in [0, 0.05) is 13.0 Å². The van der Waals surface area contributed by atoms with E-state index in [9.17, 15) is 8.42 Å². The van der Waals surface area contributed by atoms with Gasteiger partial charge < -0.3 is 14.0 Å². The molecule has 1 fully saturated rings. The van der Waals surface area contributed by atoms with Gasteiger partial charge in [-0.05, 0) is 26.2 Å². The van der Waals surface area contributed by atoms with Crippen LogP contribution in [0, 0.1) is 0 Å². The van der Waals surface area contributed by atoms with Crippen molar-refractivity contribution in [3.63, 3.8) is 0 Å². The summed E-state index contributed by atoms with van der Waals surface area (Å²) in [6.45, 7) is 8.46. The van der Waals surface area contributed by atoms with Crippen molar-refractivity contribution in [2.45, 2.75) is 32.6 Å². The van der Waals surface area contributed by atoms with Crippen LogP contribution < -0.4 is 0 Å². The van der Waals surface area contributed by atoms with Gasteiger partial charge in [-0.2, -0.15) is 8.42 Å². The summed E-state index contributed by atoms with van der Waals surface area (Å²) >= 11 is 0. The minimum Gasteiger partial charge on any atom is -0.379 e. The first kappa shape index (κ1) is 18.8. The van der Waals surface area contributed by atoms with Crippen LogP contribution in [0.15, 0.2) is 0 Å². The maximum atomic E-state index is 10.8. The smallest absolute Gasteiger partial charge is 0.265 e. The van der Waals surface area contributed by atoms with E-state index < -0.39 is 10.1 Å². The third kappa shape index (κ3) is 8.73. The van der Waals surface area contributed by atoms with Crippen molar-refractivity contribution in [1.29, 1.82) is 0 Å². The van der Waals surface area contributed by atoms with Gasteiger partial charge in [0.25, 0.3) is 10.1 Å². The zero-order chi connectivity index (χ0) is 15.6.